The van der Waals surface area contributed by atoms with Crippen LogP contribution in [0.4, 0.5) is 0 Å². The molecule has 136 valence electrons. The second kappa shape index (κ2) is 8.13. The Morgan fingerprint density at radius 1 is 1.46 bits per heavy atom. The van der Waals surface area contributed by atoms with Gasteiger partial charge in [0.1, 0.15) is 5.76 Å². The van der Waals surface area contributed by atoms with Crippen LogP contribution in [0.5, 0.6) is 0 Å². The van der Waals surface area contributed by atoms with Gasteiger partial charge in [-0.3, -0.25) is 4.90 Å². The van der Waals surface area contributed by atoms with Gasteiger partial charge in [0.25, 0.3) is 0 Å². The predicted molar refractivity (Wildman–Crippen MR) is 90.3 cm³/mol. The summed E-state index contributed by atoms with van der Waals surface area (Å²) in [6.45, 7) is 3.81. The first-order chi connectivity index (χ1) is 11.3. The lowest BCUT2D eigenvalue weighted by atomic mass is 9.99. The van der Waals surface area contributed by atoms with Gasteiger partial charge in [-0.15, -0.1) is 0 Å². The number of nitrogens with zero attached hydrogens (tertiary/aromatic N) is 1. The first kappa shape index (κ1) is 19.0. The molecule has 0 aromatic carbocycles. The van der Waals surface area contributed by atoms with Gasteiger partial charge in [0.2, 0.25) is 15.8 Å². The highest BCUT2D eigenvalue weighted by Gasteiger charge is 2.25. The van der Waals surface area contributed by atoms with Crippen LogP contribution in [0.1, 0.15) is 47.6 Å². The lowest BCUT2D eigenvalue weighted by Gasteiger charge is -2.35. The number of hydrogen-bond donors (Lipinski definition) is 1. The SMILES string of the molecule is COC(=O)c1oc(CN2CCCCC2CCNS(C)(=O)=O)cc1C. The average molecular weight is 358 g/mol. The number of carbonyl (C=O) groups is 1. The van der Waals surface area contributed by atoms with E-state index in [2.05, 4.69) is 9.62 Å². The van der Waals surface area contributed by atoms with Crippen molar-refractivity contribution in [1.29, 1.82) is 0 Å². The summed E-state index contributed by atoms with van der Waals surface area (Å²) in [6.07, 6.45) is 5.22. The number of ether oxygens (including phenoxy) is 1. The van der Waals surface area contributed by atoms with E-state index in [-0.39, 0.29) is 5.76 Å². The van der Waals surface area contributed by atoms with Crippen LogP contribution in [-0.4, -0.2) is 51.8 Å². The highest BCUT2D eigenvalue weighted by Crippen LogP contribution is 2.24. The van der Waals surface area contributed by atoms with E-state index >= 15 is 0 Å². The van der Waals surface area contributed by atoms with Crippen LogP contribution in [0.3, 0.4) is 0 Å². The van der Waals surface area contributed by atoms with Gasteiger partial charge < -0.3 is 9.15 Å². The first-order valence-corrected chi connectivity index (χ1v) is 10.1. The largest absolute Gasteiger partial charge is 0.463 e. The molecule has 0 aliphatic carbocycles. The zero-order valence-corrected chi connectivity index (χ0v) is 15.3. The van der Waals surface area contributed by atoms with Crippen LogP contribution in [0.25, 0.3) is 0 Å². The number of carbonyl (C=O) groups excluding carboxylic acids is 1. The average Bonchev–Trinajstić information content (AvgIpc) is 2.87. The van der Waals surface area contributed by atoms with Gasteiger partial charge in [0.05, 0.1) is 19.9 Å². The second-order valence-electron chi connectivity index (χ2n) is 6.29. The third kappa shape index (κ3) is 5.32. The van der Waals surface area contributed by atoms with Crippen LogP contribution in [0.2, 0.25) is 0 Å². The van der Waals surface area contributed by atoms with Crippen LogP contribution in [-0.2, 0) is 21.3 Å². The van der Waals surface area contributed by atoms with Gasteiger partial charge in [-0.05, 0) is 38.8 Å². The minimum Gasteiger partial charge on any atom is -0.463 e. The summed E-state index contributed by atoms with van der Waals surface area (Å²) in [5.41, 5.74) is 0.768. The number of methoxy groups -OCH3 is 1. The molecule has 0 saturated carbocycles. The van der Waals surface area contributed by atoms with E-state index in [4.69, 9.17) is 9.15 Å². The van der Waals surface area contributed by atoms with Crippen molar-refractivity contribution < 1.29 is 22.4 Å². The Kier molecular flexibility index (Phi) is 6.42. The predicted octanol–water partition coefficient (Wildman–Crippen LogP) is 1.67. The molecule has 2 rings (SSSR count). The van der Waals surface area contributed by atoms with E-state index in [0.29, 0.717) is 19.1 Å². The fourth-order valence-electron chi connectivity index (χ4n) is 3.13. The van der Waals surface area contributed by atoms with E-state index < -0.39 is 16.0 Å². The molecule has 0 radical (unpaired) electrons. The summed E-state index contributed by atoms with van der Waals surface area (Å²) in [5.74, 6) is 0.516. The van der Waals surface area contributed by atoms with E-state index in [1.165, 1.54) is 13.4 Å². The Bertz CT molecular complexity index is 668. The van der Waals surface area contributed by atoms with Crippen molar-refractivity contribution in [3.05, 3.63) is 23.2 Å². The number of sulfonamides is 1. The molecule has 1 aliphatic rings. The summed E-state index contributed by atoms with van der Waals surface area (Å²) in [5, 5.41) is 0. The molecule has 8 heteroatoms. The number of piperidine rings is 1. The molecule has 1 aromatic heterocycles. The van der Waals surface area contributed by atoms with Crippen molar-refractivity contribution in [2.45, 2.75) is 45.2 Å². The molecule has 1 aliphatic heterocycles. The van der Waals surface area contributed by atoms with Crippen LogP contribution < -0.4 is 4.72 Å². The number of aryl methyl sites for hydroxylation is 1. The summed E-state index contributed by atoms with van der Waals surface area (Å²) >= 11 is 0. The molecule has 0 amide bonds. The van der Waals surface area contributed by atoms with Crippen molar-refractivity contribution in [2.24, 2.45) is 0 Å². The minimum absolute atomic E-state index is 0.250. The van der Waals surface area contributed by atoms with Crippen molar-refractivity contribution >= 4 is 16.0 Å². The fourth-order valence-corrected chi connectivity index (χ4v) is 3.62. The molecule has 1 fully saturated rings. The monoisotopic (exact) mass is 358 g/mol. The quantitative estimate of drug-likeness (QED) is 0.746. The zero-order chi connectivity index (χ0) is 17.7. The summed E-state index contributed by atoms with van der Waals surface area (Å²) in [6, 6.07) is 2.17. The third-order valence-corrected chi connectivity index (χ3v) is 5.02. The maximum absolute atomic E-state index is 11.6. The zero-order valence-electron chi connectivity index (χ0n) is 14.5. The van der Waals surface area contributed by atoms with E-state index in [1.807, 2.05) is 13.0 Å². The summed E-state index contributed by atoms with van der Waals surface area (Å²) < 4.78 is 35.3. The smallest absolute Gasteiger partial charge is 0.374 e. The molecular formula is C16H26N2O5S. The molecular weight excluding hydrogens is 332 g/mol. The standard InChI is InChI=1S/C16H26N2O5S/c1-12-10-14(23-15(12)16(19)22-2)11-18-9-5-4-6-13(18)7-8-17-24(3,20)21/h10,13,17H,4-9,11H2,1-3H3. The van der Waals surface area contributed by atoms with Crippen molar-refractivity contribution in [3.8, 4) is 0 Å². The molecule has 0 bridgehead atoms. The highest BCUT2D eigenvalue weighted by atomic mass is 32.2. The van der Waals surface area contributed by atoms with Crippen LogP contribution >= 0.6 is 0 Å². The van der Waals surface area contributed by atoms with Gasteiger partial charge in [-0.25, -0.2) is 17.9 Å². The van der Waals surface area contributed by atoms with Crippen molar-refractivity contribution in [3.63, 3.8) is 0 Å². The van der Waals surface area contributed by atoms with Crippen molar-refractivity contribution in [2.75, 3.05) is 26.5 Å². The van der Waals surface area contributed by atoms with Crippen LogP contribution in [0.15, 0.2) is 10.5 Å². The Hall–Kier alpha value is -1.38. The first-order valence-electron chi connectivity index (χ1n) is 8.16. The number of esters is 1. The molecule has 1 N–H and O–H groups in total. The van der Waals surface area contributed by atoms with E-state index in [9.17, 15) is 13.2 Å². The lowest BCUT2D eigenvalue weighted by Crippen LogP contribution is -2.41. The Morgan fingerprint density at radius 3 is 2.88 bits per heavy atom. The fraction of sp³-hybridized carbons (Fsp3) is 0.688. The summed E-state index contributed by atoms with van der Waals surface area (Å²) in [7, 11) is -1.82. The normalized spacial score (nSPS) is 19.4. The maximum Gasteiger partial charge on any atom is 0.374 e. The van der Waals surface area contributed by atoms with Gasteiger partial charge in [-0.1, -0.05) is 6.42 Å². The molecule has 1 aromatic rings. The summed E-state index contributed by atoms with van der Waals surface area (Å²) in [4.78, 5) is 13.9. The second-order valence-corrected chi connectivity index (χ2v) is 8.12. The van der Waals surface area contributed by atoms with Gasteiger partial charge in [0.15, 0.2) is 0 Å². The molecule has 1 unspecified atom stereocenters. The third-order valence-electron chi connectivity index (χ3n) is 4.29. The van der Waals surface area contributed by atoms with E-state index in [0.717, 1.165) is 43.6 Å². The molecule has 1 saturated heterocycles. The number of likely N-dealkylation sites (tertiary alicyclic amines) is 1. The molecule has 0 spiro atoms. The maximum atomic E-state index is 11.6. The molecule has 7 nitrogen and oxygen atoms in total. The Labute approximate surface area is 143 Å². The number of nitrogens with one attached hydrogen (secondary N) is 1. The Morgan fingerprint density at radius 2 is 2.21 bits per heavy atom. The van der Waals surface area contributed by atoms with Crippen LogP contribution in [0, 0.1) is 6.92 Å². The highest BCUT2D eigenvalue weighted by molar-refractivity contribution is 7.88. The molecule has 24 heavy (non-hydrogen) atoms. The molecule has 1 atom stereocenters. The van der Waals surface area contributed by atoms with Gasteiger partial charge >= 0.3 is 5.97 Å². The van der Waals surface area contributed by atoms with Gasteiger partial charge in [0, 0.05) is 18.2 Å². The van der Waals surface area contributed by atoms with E-state index in [1.54, 1.807) is 0 Å². The molecule has 2 heterocycles. The lowest BCUT2D eigenvalue weighted by molar-refractivity contribution is 0.0557. The van der Waals surface area contributed by atoms with Gasteiger partial charge in [-0.2, -0.15) is 0 Å². The minimum atomic E-state index is -3.15. The number of rotatable bonds is 7. The number of furan rings is 1. The Balaban J connectivity index is 1.99. The topological polar surface area (TPSA) is 88.8 Å². The van der Waals surface area contributed by atoms with Crippen molar-refractivity contribution in [1.82, 2.24) is 9.62 Å². The number of hydrogen-bond acceptors (Lipinski definition) is 6.